The second kappa shape index (κ2) is 23.5. The van der Waals surface area contributed by atoms with E-state index in [1.807, 2.05) is 24.9 Å². The highest BCUT2D eigenvalue weighted by atomic mass is 35.5. The molecule has 74 heavy (non-hydrogen) atoms. The van der Waals surface area contributed by atoms with Crippen LogP contribution in [0.25, 0.3) is 0 Å². The normalized spacial score (nSPS) is 20.4. The zero-order chi connectivity index (χ0) is 52.7. The number of amides is 3. The molecule has 4 heterocycles. The predicted molar refractivity (Wildman–Crippen MR) is 282 cm³/mol. The molecule has 2 aliphatic heterocycles. The van der Waals surface area contributed by atoms with Gasteiger partial charge in [0.25, 0.3) is 11.8 Å². The second-order valence-corrected chi connectivity index (χ2v) is 21.0. The molecule has 2 N–H and O–H groups in total. The molecule has 19 nitrogen and oxygen atoms in total. The third-order valence-electron chi connectivity index (χ3n) is 15.0. The van der Waals surface area contributed by atoms with Crippen LogP contribution in [-0.2, 0) is 19.0 Å². The fourth-order valence-corrected chi connectivity index (χ4v) is 11.5. The summed E-state index contributed by atoms with van der Waals surface area (Å²) in [5, 5.41) is 15.7. The van der Waals surface area contributed by atoms with Gasteiger partial charge < -0.3 is 53.9 Å². The van der Waals surface area contributed by atoms with Crippen LogP contribution in [-0.4, -0.2) is 142 Å². The molecular weight excluding hydrogens is 966 g/mol. The molecule has 4 aliphatic rings. The van der Waals surface area contributed by atoms with E-state index in [1.54, 1.807) is 68.0 Å². The van der Waals surface area contributed by atoms with Crippen molar-refractivity contribution in [1.29, 1.82) is 5.26 Å². The number of benzene rings is 2. The Hall–Kier alpha value is -6.33. The molecular formula is C54H70ClN11O8. The fraction of sp³-hybridized carbons (Fsp3) is 0.556. The number of anilines is 5. The molecule has 0 spiro atoms. The van der Waals surface area contributed by atoms with E-state index in [0.29, 0.717) is 102 Å². The first-order valence-corrected chi connectivity index (χ1v) is 26.1. The fourth-order valence-electron chi connectivity index (χ4n) is 11.3. The van der Waals surface area contributed by atoms with Gasteiger partial charge in [0.2, 0.25) is 17.8 Å². The molecule has 2 aromatic heterocycles. The number of nitriles is 1. The van der Waals surface area contributed by atoms with E-state index in [4.69, 9.17) is 40.3 Å². The molecule has 0 unspecified atom stereocenters. The molecule has 3 fully saturated rings. The number of carbonyl (C=O) groups is 3. The van der Waals surface area contributed by atoms with E-state index in [1.165, 1.54) is 0 Å². The van der Waals surface area contributed by atoms with Gasteiger partial charge in [0, 0.05) is 80.7 Å². The maximum Gasteiger partial charge on any atom is 0.254 e. The van der Waals surface area contributed by atoms with Gasteiger partial charge in [-0.05, 0) is 62.4 Å². The first-order chi connectivity index (χ1) is 35.6. The molecule has 2 saturated carbocycles. The Morgan fingerprint density at radius 3 is 2.24 bits per heavy atom. The van der Waals surface area contributed by atoms with Crippen LogP contribution in [0.15, 0.2) is 55.0 Å². The number of methoxy groups -OCH3 is 1. The van der Waals surface area contributed by atoms with Gasteiger partial charge in [0.1, 0.15) is 35.4 Å². The van der Waals surface area contributed by atoms with Crippen LogP contribution in [0.1, 0.15) is 106 Å². The minimum Gasteiger partial charge on any atom is -0.495 e. The Bertz CT molecular complexity index is 2660. The van der Waals surface area contributed by atoms with Crippen molar-refractivity contribution in [1.82, 2.24) is 30.6 Å². The van der Waals surface area contributed by atoms with Crippen molar-refractivity contribution < 1.29 is 38.1 Å². The first kappa shape index (κ1) is 53.9. The van der Waals surface area contributed by atoms with Crippen LogP contribution in [0, 0.1) is 22.2 Å². The SMILES string of the molecule is CC[C@@H]1C(=O)N(C)c2cnc(N(C)c3ccc(C(=O)NCCOCCOCCOC4CCN(c5ncc(C(=O)NC6C(C)(C)C(Oc7ccc(C#N)c(Cl)c7)C6(C)C)cn5)CC4)cc3OC)nc2N1C1CCCC1. The summed E-state index contributed by atoms with van der Waals surface area (Å²) in [6.07, 6.45) is 11.4. The van der Waals surface area contributed by atoms with Crippen molar-refractivity contribution in [2.45, 2.75) is 110 Å². The van der Waals surface area contributed by atoms with Gasteiger partial charge in [-0.1, -0.05) is 59.1 Å². The van der Waals surface area contributed by atoms with E-state index in [0.717, 1.165) is 57.4 Å². The highest BCUT2D eigenvalue weighted by Gasteiger charge is 2.64. The van der Waals surface area contributed by atoms with Crippen LogP contribution in [0.3, 0.4) is 0 Å². The molecule has 3 amide bonds. The van der Waals surface area contributed by atoms with Crippen LogP contribution in [0.2, 0.25) is 5.02 Å². The summed E-state index contributed by atoms with van der Waals surface area (Å²) in [4.78, 5) is 66.5. The Balaban J connectivity index is 0.697. The van der Waals surface area contributed by atoms with Crippen molar-refractivity contribution >= 4 is 58.4 Å². The molecule has 2 aromatic carbocycles. The lowest BCUT2D eigenvalue weighted by Gasteiger charge is -2.63. The molecule has 2 aliphatic carbocycles. The van der Waals surface area contributed by atoms with E-state index >= 15 is 0 Å². The highest BCUT2D eigenvalue weighted by Crippen LogP contribution is 2.55. The number of carbonyl (C=O) groups excluding carboxylic acids is 3. The Morgan fingerprint density at radius 2 is 1.58 bits per heavy atom. The van der Waals surface area contributed by atoms with Crippen molar-refractivity contribution in [3.05, 3.63) is 76.7 Å². The zero-order valence-electron chi connectivity index (χ0n) is 43.9. The van der Waals surface area contributed by atoms with E-state index in [9.17, 15) is 19.6 Å². The number of aromatic nitrogens is 4. The lowest BCUT2D eigenvalue weighted by Crippen LogP contribution is -2.74. The summed E-state index contributed by atoms with van der Waals surface area (Å²) < 4.78 is 29.6. The predicted octanol–water partition coefficient (Wildman–Crippen LogP) is 7.13. The Morgan fingerprint density at radius 1 is 0.892 bits per heavy atom. The van der Waals surface area contributed by atoms with Crippen LogP contribution >= 0.6 is 11.6 Å². The van der Waals surface area contributed by atoms with Gasteiger partial charge in [-0.25, -0.2) is 15.0 Å². The number of halogens is 1. The first-order valence-electron chi connectivity index (χ1n) is 25.7. The van der Waals surface area contributed by atoms with Crippen molar-refractivity contribution in [2.24, 2.45) is 10.8 Å². The van der Waals surface area contributed by atoms with E-state index in [2.05, 4.69) is 69.1 Å². The van der Waals surface area contributed by atoms with Gasteiger partial charge >= 0.3 is 0 Å². The number of nitrogens with one attached hydrogen (secondary N) is 2. The maximum atomic E-state index is 13.4. The number of hydrogen-bond donors (Lipinski definition) is 2. The summed E-state index contributed by atoms with van der Waals surface area (Å²) in [6.45, 7) is 14.1. The number of nitrogens with zero attached hydrogens (tertiary/aromatic N) is 9. The Kier molecular flexibility index (Phi) is 17.1. The number of rotatable bonds is 21. The standard InChI is InChI=1S/C54H70ClN11O8/c1-9-41-48(69)63(6)43-33-60-52(61-45(43)66(41)37-12-10-11-13-37)64(7)42-17-15-34(28-44(42)70-8)46(67)57-20-23-71-24-25-72-26-27-73-38-18-21-65(22-19-38)51-58-31-36(32-59-51)47(68)62-49-53(2,3)50(54(49,4)5)74-39-16-14-35(30-56)40(55)29-39/h14-17,28-29,31-33,37-38,41,49-50H,9-13,18-27H2,1-8H3,(H,57,67)(H,62,68)/t41-,49?,50?/m1/s1. The number of likely N-dealkylation sites (N-methyl/N-ethyl adjacent to an activating group) is 1. The van der Waals surface area contributed by atoms with Crippen LogP contribution < -0.4 is 39.7 Å². The average molecular weight is 1040 g/mol. The zero-order valence-corrected chi connectivity index (χ0v) is 44.6. The molecule has 1 atom stereocenters. The van der Waals surface area contributed by atoms with Crippen LogP contribution in [0.4, 0.5) is 29.1 Å². The lowest BCUT2D eigenvalue weighted by atomic mass is 9.49. The maximum absolute atomic E-state index is 13.4. The van der Waals surface area contributed by atoms with E-state index in [-0.39, 0.29) is 48.1 Å². The number of fused-ring (bicyclic) bond motifs is 1. The topological polar surface area (TPSA) is 210 Å². The van der Waals surface area contributed by atoms with Crippen molar-refractivity contribution in [3.8, 4) is 17.6 Å². The largest absolute Gasteiger partial charge is 0.495 e. The summed E-state index contributed by atoms with van der Waals surface area (Å²) in [5.41, 5.74) is 1.81. The van der Waals surface area contributed by atoms with E-state index < -0.39 is 10.8 Å². The summed E-state index contributed by atoms with van der Waals surface area (Å²) in [6, 6.07) is 12.2. The van der Waals surface area contributed by atoms with Gasteiger partial charge in [-0.3, -0.25) is 14.4 Å². The highest BCUT2D eigenvalue weighted by molar-refractivity contribution is 6.31. The van der Waals surface area contributed by atoms with Crippen LogP contribution in [0.5, 0.6) is 11.5 Å². The lowest BCUT2D eigenvalue weighted by molar-refractivity contribution is -0.164. The van der Waals surface area contributed by atoms with Gasteiger partial charge in [-0.2, -0.15) is 10.2 Å². The Labute approximate surface area is 439 Å². The number of piperidine rings is 1. The summed E-state index contributed by atoms with van der Waals surface area (Å²) in [5.74, 6) is 2.43. The summed E-state index contributed by atoms with van der Waals surface area (Å²) in [7, 11) is 5.21. The average Bonchev–Trinajstić information content (AvgIpc) is 3.95. The molecule has 0 bridgehead atoms. The minimum atomic E-state index is -0.397. The van der Waals surface area contributed by atoms with Gasteiger partial charge in [0.15, 0.2) is 5.82 Å². The molecule has 20 heteroatoms. The smallest absolute Gasteiger partial charge is 0.254 e. The molecule has 0 radical (unpaired) electrons. The van der Waals surface area contributed by atoms with Crippen molar-refractivity contribution in [2.75, 3.05) is 93.5 Å². The molecule has 1 saturated heterocycles. The van der Waals surface area contributed by atoms with Crippen molar-refractivity contribution in [3.63, 3.8) is 0 Å². The number of hydrogen-bond acceptors (Lipinski definition) is 16. The molecule has 4 aromatic rings. The summed E-state index contributed by atoms with van der Waals surface area (Å²) >= 11 is 6.25. The third kappa shape index (κ3) is 11.5. The number of ether oxygens (including phenoxy) is 5. The quantitative estimate of drug-likeness (QED) is 0.0795. The molecule has 396 valence electrons. The molecule has 8 rings (SSSR count). The second-order valence-electron chi connectivity index (χ2n) is 20.6. The van der Waals surface area contributed by atoms with Gasteiger partial charge in [-0.15, -0.1) is 0 Å². The monoisotopic (exact) mass is 1040 g/mol. The van der Waals surface area contributed by atoms with Gasteiger partial charge in [0.05, 0.1) is 74.3 Å². The third-order valence-corrected chi connectivity index (χ3v) is 15.4. The minimum absolute atomic E-state index is 0.0646.